The lowest BCUT2D eigenvalue weighted by molar-refractivity contribution is -0.383. The fourth-order valence-electron chi connectivity index (χ4n) is 3.16. The zero-order valence-corrected chi connectivity index (χ0v) is 12.7. The Kier molecular flexibility index (Phi) is 2.99. The number of nitrogens with zero attached hydrogens (tertiary/aromatic N) is 1. The fraction of sp³-hybridized carbons (Fsp3) is 0.0556. The van der Waals surface area contributed by atoms with Gasteiger partial charge in [0.2, 0.25) is 0 Å². The van der Waals surface area contributed by atoms with E-state index in [9.17, 15) is 14.9 Å². The average Bonchev–Trinajstić information content (AvgIpc) is 2.57. The van der Waals surface area contributed by atoms with Crippen molar-refractivity contribution >= 4 is 49.7 Å². The summed E-state index contributed by atoms with van der Waals surface area (Å²) in [6, 6.07) is 14.5. The Balaban J connectivity index is 2.10. The highest BCUT2D eigenvalue weighted by Crippen LogP contribution is 2.40. The first-order valence-corrected chi connectivity index (χ1v) is 7.34. The molecule has 4 aromatic carbocycles. The molecule has 0 atom stereocenters. The lowest BCUT2D eigenvalue weighted by atomic mass is 9.93. The summed E-state index contributed by atoms with van der Waals surface area (Å²) in [7, 11) is 0. The van der Waals surface area contributed by atoms with Gasteiger partial charge in [-0.15, -0.1) is 0 Å². The van der Waals surface area contributed by atoms with Crippen LogP contribution in [0.4, 0.5) is 11.4 Å². The van der Waals surface area contributed by atoms with Gasteiger partial charge in [0.05, 0.1) is 16.0 Å². The molecule has 0 saturated heterocycles. The van der Waals surface area contributed by atoms with Gasteiger partial charge in [0.25, 0.3) is 5.69 Å². The molecule has 0 saturated carbocycles. The van der Waals surface area contributed by atoms with Crippen LogP contribution in [0.15, 0.2) is 48.5 Å². The quantitative estimate of drug-likeness (QED) is 0.344. The summed E-state index contributed by atoms with van der Waals surface area (Å²) < 4.78 is 0. The third kappa shape index (κ3) is 2.00. The van der Waals surface area contributed by atoms with Gasteiger partial charge in [-0.2, -0.15) is 0 Å². The molecule has 0 bridgehead atoms. The van der Waals surface area contributed by atoms with Crippen LogP contribution in [0.25, 0.3) is 32.3 Å². The highest BCUT2D eigenvalue weighted by atomic mass is 16.7. The molecule has 0 fully saturated rings. The highest BCUT2D eigenvalue weighted by Gasteiger charge is 2.18. The standard InChI is InChI=1S/C18H12N2O4/c1-10(21)24-19-15-8-4-11-2-3-12-5-9-16(20(22)23)14-7-6-13(15)17(11)18(12)14/h2-9,19H,1H3. The van der Waals surface area contributed by atoms with E-state index < -0.39 is 5.97 Å². The molecular weight excluding hydrogens is 308 g/mol. The lowest BCUT2D eigenvalue weighted by Gasteiger charge is -2.14. The van der Waals surface area contributed by atoms with Crippen LogP contribution in [0.5, 0.6) is 0 Å². The van der Waals surface area contributed by atoms with E-state index in [1.54, 1.807) is 12.1 Å². The summed E-state index contributed by atoms with van der Waals surface area (Å²) in [5.41, 5.74) is 3.37. The van der Waals surface area contributed by atoms with E-state index in [-0.39, 0.29) is 10.6 Å². The van der Waals surface area contributed by atoms with E-state index in [1.807, 2.05) is 30.3 Å². The predicted octanol–water partition coefficient (Wildman–Crippen LogP) is 4.38. The third-order valence-electron chi connectivity index (χ3n) is 4.14. The summed E-state index contributed by atoms with van der Waals surface area (Å²) in [6.45, 7) is 1.31. The van der Waals surface area contributed by atoms with Crippen molar-refractivity contribution in [2.45, 2.75) is 6.92 Å². The summed E-state index contributed by atoms with van der Waals surface area (Å²) in [6.07, 6.45) is 0. The summed E-state index contributed by atoms with van der Waals surface area (Å²) in [5.74, 6) is -0.448. The smallest absolute Gasteiger partial charge is 0.329 e. The molecule has 6 nitrogen and oxygen atoms in total. The molecule has 0 aliphatic carbocycles. The summed E-state index contributed by atoms with van der Waals surface area (Å²) in [4.78, 5) is 26.9. The molecular formula is C18H12N2O4. The first kappa shape index (κ1) is 14.2. The molecule has 0 aromatic heterocycles. The fourth-order valence-corrected chi connectivity index (χ4v) is 3.16. The van der Waals surface area contributed by atoms with Gasteiger partial charge in [0, 0.05) is 23.8 Å². The SMILES string of the molecule is CC(=O)ONc1ccc2ccc3ccc([N+](=O)[O-])c4ccc1c2c34. The number of anilines is 1. The number of nitro groups is 1. The van der Waals surface area contributed by atoms with Crippen LogP contribution < -0.4 is 5.48 Å². The van der Waals surface area contributed by atoms with E-state index in [1.165, 1.54) is 13.0 Å². The second kappa shape index (κ2) is 5.06. The second-order valence-corrected chi connectivity index (χ2v) is 5.57. The third-order valence-corrected chi connectivity index (χ3v) is 4.14. The Morgan fingerprint density at radius 1 is 0.958 bits per heavy atom. The molecule has 4 rings (SSSR count). The lowest BCUT2D eigenvalue weighted by Crippen LogP contribution is -2.06. The minimum atomic E-state index is -0.448. The Labute approximate surface area is 136 Å². The molecule has 0 aliphatic heterocycles. The van der Waals surface area contributed by atoms with Gasteiger partial charge in [-0.25, -0.2) is 5.48 Å². The summed E-state index contributed by atoms with van der Waals surface area (Å²) >= 11 is 0. The van der Waals surface area contributed by atoms with Crippen molar-refractivity contribution in [2.75, 3.05) is 5.48 Å². The monoisotopic (exact) mass is 320 g/mol. The number of rotatable bonds is 3. The number of carbonyl (C=O) groups is 1. The molecule has 118 valence electrons. The largest absolute Gasteiger partial charge is 0.344 e. The minimum Gasteiger partial charge on any atom is -0.344 e. The average molecular weight is 320 g/mol. The number of nitro benzene ring substituents is 1. The van der Waals surface area contributed by atoms with Crippen molar-refractivity contribution in [1.29, 1.82) is 0 Å². The van der Waals surface area contributed by atoms with Crippen molar-refractivity contribution in [1.82, 2.24) is 0 Å². The Bertz CT molecular complexity index is 1120. The van der Waals surface area contributed by atoms with Crippen LogP contribution in [0, 0.1) is 10.1 Å². The van der Waals surface area contributed by atoms with Gasteiger partial charge in [0.15, 0.2) is 0 Å². The van der Waals surface area contributed by atoms with Crippen LogP contribution in [-0.2, 0) is 9.63 Å². The van der Waals surface area contributed by atoms with Crippen LogP contribution in [0.1, 0.15) is 6.92 Å². The molecule has 0 aliphatic rings. The van der Waals surface area contributed by atoms with E-state index in [0.717, 1.165) is 26.9 Å². The van der Waals surface area contributed by atoms with Crippen LogP contribution in [0.2, 0.25) is 0 Å². The number of nitrogens with one attached hydrogen (secondary N) is 1. The van der Waals surface area contributed by atoms with Gasteiger partial charge < -0.3 is 4.84 Å². The number of carbonyl (C=O) groups excluding carboxylic acids is 1. The normalized spacial score (nSPS) is 11.2. The summed E-state index contributed by atoms with van der Waals surface area (Å²) in [5, 5.41) is 16.4. The Hall–Kier alpha value is -3.41. The topological polar surface area (TPSA) is 81.5 Å². The molecule has 6 heteroatoms. The van der Waals surface area contributed by atoms with E-state index in [4.69, 9.17) is 4.84 Å². The van der Waals surface area contributed by atoms with Crippen LogP contribution >= 0.6 is 0 Å². The number of hydrogen-bond donors (Lipinski definition) is 1. The van der Waals surface area contributed by atoms with E-state index in [0.29, 0.717) is 11.1 Å². The maximum atomic E-state index is 11.3. The van der Waals surface area contributed by atoms with Crippen LogP contribution in [0.3, 0.4) is 0 Å². The molecule has 0 amide bonds. The van der Waals surface area contributed by atoms with Gasteiger partial charge in [-0.1, -0.05) is 24.3 Å². The zero-order valence-electron chi connectivity index (χ0n) is 12.7. The molecule has 4 aromatic rings. The Morgan fingerprint density at radius 2 is 1.54 bits per heavy atom. The van der Waals surface area contributed by atoms with Gasteiger partial charge in [0.1, 0.15) is 0 Å². The zero-order chi connectivity index (χ0) is 16.8. The predicted molar refractivity (Wildman–Crippen MR) is 92.2 cm³/mol. The van der Waals surface area contributed by atoms with Crippen molar-refractivity contribution in [3.8, 4) is 0 Å². The van der Waals surface area contributed by atoms with Crippen molar-refractivity contribution in [3.05, 3.63) is 58.6 Å². The number of hydrogen-bond acceptors (Lipinski definition) is 5. The maximum Gasteiger partial charge on any atom is 0.329 e. The number of non-ortho nitro benzene ring substituents is 1. The Morgan fingerprint density at radius 3 is 2.21 bits per heavy atom. The number of benzene rings is 4. The molecule has 0 unspecified atom stereocenters. The molecule has 0 radical (unpaired) electrons. The first-order valence-electron chi connectivity index (χ1n) is 7.34. The van der Waals surface area contributed by atoms with Gasteiger partial charge in [-0.05, 0) is 34.4 Å². The molecule has 0 heterocycles. The second-order valence-electron chi connectivity index (χ2n) is 5.57. The molecule has 24 heavy (non-hydrogen) atoms. The van der Waals surface area contributed by atoms with Crippen molar-refractivity contribution in [3.63, 3.8) is 0 Å². The van der Waals surface area contributed by atoms with Crippen molar-refractivity contribution in [2.24, 2.45) is 0 Å². The first-order chi connectivity index (χ1) is 11.6. The van der Waals surface area contributed by atoms with Gasteiger partial charge in [-0.3, -0.25) is 14.9 Å². The van der Waals surface area contributed by atoms with E-state index >= 15 is 0 Å². The molecule has 1 N–H and O–H groups in total. The minimum absolute atomic E-state index is 0.0789. The van der Waals surface area contributed by atoms with Crippen molar-refractivity contribution < 1.29 is 14.6 Å². The maximum absolute atomic E-state index is 11.3. The molecule has 0 spiro atoms. The highest BCUT2D eigenvalue weighted by molar-refractivity contribution is 6.26. The van der Waals surface area contributed by atoms with Gasteiger partial charge >= 0.3 is 5.97 Å². The van der Waals surface area contributed by atoms with E-state index in [2.05, 4.69) is 5.48 Å². The van der Waals surface area contributed by atoms with Crippen LogP contribution in [-0.4, -0.2) is 10.9 Å².